The zero-order valence-electron chi connectivity index (χ0n) is 31.5. The molecule has 0 bridgehead atoms. The van der Waals surface area contributed by atoms with Gasteiger partial charge in [0.2, 0.25) is 11.9 Å². The molecule has 4 aromatic rings. The van der Waals surface area contributed by atoms with E-state index in [2.05, 4.69) is 61.8 Å². The third kappa shape index (κ3) is 9.39. The van der Waals surface area contributed by atoms with Crippen LogP contribution < -0.4 is 15.5 Å². The number of piperidine rings is 2. The predicted molar refractivity (Wildman–Crippen MR) is 207 cm³/mol. The maximum atomic E-state index is 12.8. The highest BCUT2D eigenvalue weighted by Gasteiger charge is 2.33. The zero-order chi connectivity index (χ0) is 39.6. The molecule has 0 aliphatic carbocycles. The fourth-order valence-electron chi connectivity index (χ4n) is 8.24. The summed E-state index contributed by atoms with van der Waals surface area (Å²) in [5, 5.41) is 10.4. The summed E-state index contributed by atoms with van der Waals surface area (Å²) in [6.45, 7) is 6.75. The summed E-state index contributed by atoms with van der Waals surface area (Å²) in [6.07, 6.45) is 2.05. The van der Waals surface area contributed by atoms with Crippen LogP contribution in [-0.2, 0) is 41.9 Å². The fraction of sp³-hybridized carbons (Fsp3) is 0.513. The molecule has 3 saturated heterocycles. The van der Waals surface area contributed by atoms with Gasteiger partial charge in [0.05, 0.1) is 11.1 Å². The number of anilines is 2. The Morgan fingerprint density at radius 3 is 2.23 bits per heavy atom. The number of alkyl halides is 3. The Kier molecular flexibility index (Phi) is 12.0. The first-order chi connectivity index (χ1) is 26.8. The van der Waals surface area contributed by atoms with E-state index in [9.17, 15) is 31.5 Å². The highest BCUT2D eigenvalue weighted by Crippen LogP contribution is 2.34. The number of benzene rings is 2. The van der Waals surface area contributed by atoms with Crippen molar-refractivity contribution in [3.8, 4) is 0 Å². The van der Waals surface area contributed by atoms with Gasteiger partial charge in [-0.05, 0) is 85.9 Å². The van der Waals surface area contributed by atoms with Crippen LogP contribution in [0.15, 0.2) is 54.9 Å². The number of fused-ring (bicyclic) bond motifs is 1. The van der Waals surface area contributed by atoms with E-state index < -0.39 is 34.2 Å². The summed E-state index contributed by atoms with van der Waals surface area (Å²) >= 11 is -2.07. The number of amides is 3. The first-order valence-electron chi connectivity index (χ1n) is 19.2. The van der Waals surface area contributed by atoms with Gasteiger partial charge in [0.1, 0.15) is 5.37 Å². The number of nitrogens with one attached hydrogen (secondary N) is 2. The monoisotopic (exact) mass is 795 g/mol. The van der Waals surface area contributed by atoms with Gasteiger partial charge in [-0.25, -0.2) is 19.0 Å². The number of hydrogen-bond acceptors (Lipinski definition) is 9. The number of imide groups is 1. The van der Waals surface area contributed by atoms with E-state index in [1.54, 1.807) is 0 Å². The van der Waals surface area contributed by atoms with Crippen molar-refractivity contribution in [3.63, 3.8) is 0 Å². The van der Waals surface area contributed by atoms with E-state index in [4.69, 9.17) is 0 Å². The molecule has 0 radical (unpaired) electrons. The molecule has 7 rings (SSSR count). The van der Waals surface area contributed by atoms with Crippen molar-refractivity contribution in [3.05, 3.63) is 77.1 Å². The van der Waals surface area contributed by atoms with Crippen LogP contribution >= 0.6 is 0 Å². The number of aryl methyl sites for hydroxylation is 1. The predicted octanol–water partition coefficient (Wildman–Crippen LogP) is 5.55. The second kappa shape index (κ2) is 17.0. The summed E-state index contributed by atoms with van der Waals surface area (Å²) in [6, 6.07) is 14.2. The Bertz CT molecular complexity index is 2030. The Balaban J connectivity index is 0.857. The van der Waals surface area contributed by atoms with E-state index in [0.717, 1.165) is 67.8 Å². The first kappa shape index (κ1) is 39.8. The van der Waals surface area contributed by atoms with Crippen LogP contribution in [0.3, 0.4) is 0 Å². The molecule has 13 nitrogen and oxygen atoms in total. The van der Waals surface area contributed by atoms with E-state index in [-0.39, 0.29) is 24.3 Å². The number of urea groups is 1. The van der Waals surface area contributed by atoms with Crippen LogP contribution in [0.5, 0.6) is 0 Å². The molecule has 3 aliphatic rings. The van der Waals surface area contributed by atoms with Crippen LogP contribution in [0.4, 0.5) is 29.7 Å². The number of nitrogens with zero attached hydrogens (tertiary/aromatic N) is 7. The van der Waals surface area contributed by atoms with E-state index >= 15 is 0 Å². The molecule has 5 heterocycles. The maximum absolute atomic E-state index is 12.8. The minimum absolute atomic E-state index is 0.0481. The van der Waals surface area contributed by atoms with Gasteiger partial charge in [-0.1, -0.05) is 37.3 Å². The third-order valence-electron chi connectivity index (χ3n) is 11.3. The normalized spacial score (nSPS) is 19.9. The summed E-state index contributed by atoms with van der Waals surface area (Å²) in [5.74, 6) is 1.33. The van der Waals surface area contributed by atoms with Crippen LogP contribution in [0.1, 0.15) is 67.2 Å². The van der Waals surface area contributed by atoms with Crippen molar-refractivity contribution >= 4 is 45.7 Å². The van der Waals surface area contributed by atoms with Gasteiger partial charge in [0, 0.05) is 69.9 Å². The molecular weight excluding hydrogens is 748 g/mol. The molecule has 2 aromatic heterocycles. The van der Waals surface area contributed by atoms with E-state index in [0.29, 0.717) is 56.6 Å². The van der Waals surface area contributed by atoms with Gasteiger partial charge in [-0.2, -0.15) is 18.3 Å². The number of likely N-dealkylation sites (tertiary alicyclic amines) is 2. The fourth-order valence-corrected chi connectivity index (χ4v) is 9.04. The molecule has 0 saturated carbocycles. The van der Waals surface area contributed by atoms with Gasteiger partial charge in [-0.15, -0.1) is 0 Å². The quantitative estimate of drug-likeness (QED) is 0.156. The Hall–Kier alpha value is -4.45. The van der Waals surface area contributed by atoms with Crippen molar-refractivity contribution < 1.29 is 31.5 Å². The molecule has 56 heavy (non-hydrogen) atoms. The van der Waals surface area contributed by atoms with Crippen molar-refractivity contribution in [1.29, 1.82) is 0 Å². The Labute approximate surface area is 326 Å². The highest BCUT2D eigenvalue weighted by atomic mass is 32.2. The van der Waals surface area contributed by atoms with Crippen molar-refractivity contribution in [1.82, 2.24) is 34.9 Å². The molecular formula is C39H48F3N9O4S. The number of carbonyl (C=O) groups excluding carboxylic acids is 2. The topological polar surface area (TPSA) is 149 Å². The number of aromatic nitrogens is 4. The largest absolute Gasteiger partial charge is 0.419 e. The average molecular weight is 796 g/mol. The van der Waals surface area contributed by atoms with Gasteiger partial charge in [-0.3, -0.25) is 24.6 Å². The molecule has 0 spiro atoms. The summed E-state index contributed by atoms with van der Waals surface area (Å²) in [5.41, 5.74) is 3.56. The average Bonchev–Trinajstić information content (AvgIpc) is 3.49. The van der Waals surface area contributed by atoms with Gasteiger partial charge in [0.25, 0.3) is 0 Å². The van der Waals surface area contributed by atoms with Gasteiger partial charge >= 0.3 is 12.2 Å². The lowest BCUT2D eigenvalue weighted by Gasteiger charge is -2.36. The van der Waals surface area contributed by atoms with Gasteiger partial charge in [0.15, 0.2) is 16.9 Å². The molecule has 3 N–H and O–H groups in total. The minimum Gasteiger partial charge on any atom is -0.351 e. The molecule has 3 atom stereocenters. The van der Waals surface area contributed by atoms with Crippen LogP contribution in [0.25, 0.3) is 10.9 Å². The SMILES string of the molecule is CC(Cc1ccc(C[C@@H](N2CCC(Nc3ncc(C(F)(F)F)cn3)CC2)S(=O)O)cc1)CN1CCC(c2ccc3c(N4CCC(=O)NC4=O)nn(C)c3c2)CC1. The van der Waals surface area contributed by atoms with Crippen LogP contribution in [-0.4, -0.2) is 101 Å². The molecule has 2 unspecified atom stereocenters. The lowest BCUT2D eigenvalue weighted by molar-refractivity contribution is -0.138. The highest BCUT2D eigenvalue weighted by molar-refractivity contribution is 7.79. The summed E-state index contributed by atoms with van der Waals surface area (Å²) in [4.78, 5) is 37.8. The molecule has 3 amide bonds. The lowest BCUT2D eigenvalue weighted by atomic mass is 9.88. The second-order valence-electron chi connectivity index (χ2n) is 15.4. The lowest BCUT2D eigenvalue weighted by Crippen LogP contribution is -2.49. The molecule has 3 fully saturated rings. The first-order valence-corrected chi connectivity index (χ1v) is 20.4. The molecule has 300 valence electrons. The Morgan fingerprint density at radius 1 is 0.946 bits per heavy atom. The maximum Gasteiger partial charge on any atom is 0.419 e. The van der Waals surface area contributed by atoms with Crippen molar-refractivity contribution in [2.45, 2.75) is 75.4 Å². The van der Waals surface area contributed by atoms with Gasteiger partial charge < -0.3 is 14.8 Å². The number of rotatable bonds is 12. The Morgan fingerprint density at radius 2 is 1.61 bits per heavy atom. The minimum atomic E-state index is -4.49. The summed E-state index contributed by atoms with van der Waals surface area (Å²) < 4.78 is 63.0. The second-order valence-corrected chi connectivity index (χ2v) is 16.5. The van der Waals surface area contributed by atoms with Crippen molar-refractivity contribution in [2.75, 3.05) is 49.5 Å². The standard InChI is InChI=1S/C39H48F3N9O4S/c1-25(24-49-14-9-28(10-15-49)29-7-8-32-33(21-29)48(2)47-36(32)51-18-13-34(52)46-38(51)53)19-26-3-5-27(6-4-26)20-35(56(54)55)50-16-11-31(12-17-50)45-37-43-22-30(23-44-37)39(40,41)42/h3-8,21-23,25,28,31,35H,9-20,24H2,1-2H3,(H,54,55)(H,43,44,45)(H,46,52,53)/t25?,35-/m0/s1. The molecule has 17 heteroatoms. The smallest absolute Gasteiger partial charge is 0.351 e. The van der Waals surface area contributed by atoms with E-state index in [1.165, 1.54) is 16.0 Å². The number of halogens is 3. The van der Waals surface area contributed by atoms with Crippen molar-refractivity contribution in [2.24, 2.45) is 13.0 Å². The van der Waals surface area contributed by atoms with Crippen LogP contribution in [0.2, 0.25) is 0 Å². The molecule has 3 aliphatic heterocycles. The van der Waals surface area contributed by atoms with Crippen LogP contribution in [0, 0.1) is 5.92 Å². The number of carbonyl (C=O) groups is 2. The van der Waals surface area contributed by atoms with E-state index in [1.807, 2.05) is 34.8 Å². The third-order valence-corrected chi connectivity index (χ3v) is 12.2. The number of hydrogen-bond donors (Lipinski definition) is 3. The summed E-state index contributed by atoms with van der Waals surface area (Å²) in [7, 11) is 1.88. The zero-order valence-corrected chi connectivity index (χ0v) is 32.4. The molecule has 2 aromatic carbocycles.